The zero-order valence-electron chi connectivity index (χ0n) is 14.0. The minimum absolute atomic E-state index is 0.0448. The van der Waals surface area contributed by atoms with Crippen molar-refractivity contribution in [3.8, 4) is 5.75 Å². The number of nitrogens with zero attached hydrogens (tertiary/aromatic N) is 1. The fourth-order valence-electron chi connectivity index (χ4n) is 2.75. The highest BCUT2D eigenvalue weighted by molar-refractivity contribution is 5.96. The number of ether oxygens (including phenoxy) is 1. The summed E-state index contributed by atoms with van der Waals surface area (Å²) in [4.78, 5) is 14.5. The van der Waals surface area contributed by atoms with Crippen molar-refractivity contribution in [2.45, 2.75) is 19.4 Å². The van der Waals surface area contributed by atoms with E-state index in [2.05, 4.69) is 0 Å². The molecule has 1 amide bonds. The second-order valence-electron chi connectivity index (χ2n) is 5.72. The lowest BCUT2D eigenvalue weighted by atomic mass is 10.1. The summed E-state index contributed by atoms with van der Waals surface area (Å²) in [5, 5.41) is 2.13. The Balaban J connectivity index is 1.85. The zero-order valence-corrected chi connectivity index (χ0v) is 14.0. The van der Waals surface area contributed by atoms with E-state index in [0.29, 0.717) is 6.42 Å². The van der Waals surface area contributed by atoms with Crippen LogP contribution in [0.2, 0.25) is 0 Å². The van der Waals surface area contributed by atoms with Crippen molar-refractivity contribution in [3.05, 3.63) is 72.8 Å². The third kappa shape index (κ3) is 3.25. The van der Waals surface area contributed by atoms with Crippen LogP contribution in [0.1, 0.15) is 13.3 Å². The van der Waals surface area contributed by atoms with Crippen LogP contribution in [0.15, 0.2) is 72.8 Å². The molecule has 0 saturated carbocycles. The van der Waals surface area contributed by atoms with Crippen molar-refractivity contribution >= 4 is 22.4 Å². The van der Waals surface area contributed by atoms with Crippen molar-refractivity contribution in [2.75, 3.05) is 11.9 Å². The van der Waals surface area contributed by atoms with Gasteiger partial charge in [0.2, 0.25) is 0 Å². The number of hydrogen-bond donors (Lipinski definition) is 0. The number of benzene rings is 3. The number of likely N-dealkylation sites (N-methyl/N-ethyl adjacent to an activating group) is 1. The van der Waals surface area contributed by atoms with Crippen LogP contribution in [-0.2, 0) is 4.79 Å². The quantitative estimate of drug-likeness (QED) is 0.684. The maximum absolute atomic E-state index is 12.8. The molecule has 1 atom stereocenters. The topological polar surface area (TPSA) is 29.5 Å². The van der Waals surface area contributed by atoms with Crippen molar-refractivity contribution in [3.63, 3.8) is 0 Å². The first-order chi connectivity index (χ1) is 11.7. The van der Waals surface area contributed by atoms with E-state index in [0.717, 1.165) is 22.2 Å². The molecule has 0 N–H and O–H groups in total. The van der Waals surface area contributed by atoms with Crippen LogP contribution in [0.4, 0.5) is 5.69 Å². The molecule has 3 heteroatoms. The molecule has 0 bridgehead atoms. The molecule has 0 saturated heterocycles. The lowest BCUT2D eigenvalue weighted by Gasteiger charge is -2.24. The van der Waals surface area contributed by atoms with Gasteiger partial charge in [-0.1, -0.05) is 61.5 Å². The second-order valence-corrected chi connectivity index (χ2v) is 5.72. The van der Waals surface area contributed by atoms with E-state index in [-0.39, 0.29) is 5.91 Å². The highest BCUT2D eigenvalue weighted by Crippen LogP contribution is 2.27. The van der Waals surface area contributed by atoms with Crippen molar-refractivity contribution in [1.82, 2.24) is 0 Å². The summed E-state index contributed by atoms with van der Waals surface area (Å²) in [6.07, 6.45) is 0.0974. The number of carbonyl (C=O) groups excluding carboxylic acids is 1. The molecule has 122 valence electrons. The Morgan fingerprint density at radius 1 is 0.958 bits per heavy atom. The Kier molecular flexibility index (Phi) is 4.80. The first-order valence-corrected chi connectivity index (χ1v) is 8.17. The highest BCUT2D eigenvalue weighted by Gasteiger charge is 2.23. The average Bonchev–Trinajstić information content (AvgIpc) is 2.65. The monoisotopic (exact) mass is 319 g/mol. The third-order valence-corrected chi connectivity index (χ3v) is 4.14. The largest absolute Gasteiger partial charge is 0.480 e. The standard InChI is InChI=1S/C21H21NO2/c1-3-19(21(23)22(2)17-12-5-4-6-13-17)24-20-15-9-11-16-10-7-8-14-18(16)20/h4-15,19H,3H2,1-2H3/t19-/m1/s1. The Labute approximate surface area is 142 Å². The fraction of sp³-hybridized carbons (Fsp3) is 0.190. The van der Waals surface area contributed by atoms with Gasteiger partial charge in [-0.15, -0.1) is 0 Å². The van der Waals surface area contributed by atoms with E-state index in [1.165, 1.54) is 0 Å². The first-order valence-electron chi connectivity index (χ1n) is 8.17. The van der Waals surface area contributed by atoms with Crippen LogP contribution >= 0.6 is 0 Å². The van der Waals surface area contributed by atoms with Crippen molar-refractivity contribution < 1.29 is 9.53 Å². The smallest absolute Gasteiger partial charge is 0.267 e. The number of anilines is 1. The number of amides is 1. The molecular weight excluding hydrogens is 298 g/mol. The van der Waals surface area contributed by atoms with Gasteiger partial charge in [0.1, 0.15) is 5.75 Å². The van der Waals surface area contributed by atoms with Crippen LogP contribution in [0.5, 0.6) is 5.75 Å². The minimum atomic E-state index is -0.513. The molecule has 0 aromatic heterocycles. The van der Waals surface area contributed by atoms with Crippen molar-refractivity contribution in [1.29, 1.82) is 0 Å². The maximum atomic E-state index is 12.8. The number of hydrogen-bond acceptors (Lipinski definition) is 2. The molecule has 0 aliphatic heterocycles. The summed E-state index contributed by atoms with van der Waals surface area (Å²) in [7, 11) is 1.78. The molecular formula is C21H21NO2. The number of rotatable bonds is 5. The normalized spacial score (nSPS) is 11.9. The first kappa shape index (κ1) is 16.1. The predicted molar refractivity (Wildman–Crippen MR) is 98.5 cm³/mol. The minimum Gasteiger partial charge on any atom is -0.480 e. The van der Waals surface area contributed by atoms with Gasteiger partial charge in [0.05, 0.1) is 0 Å². The van der Waals surface area contributed by atoms with E-state index in [1.54, 1.807) is 11.9 Å². The summed E-state index contributed by atoms with van der Waals surface area (Å²) < 4.78 is 6.09. The third-order valence-electron chi connectivity index (χ3n) is 4.14. The van der Waals surface area contributed by atoms with Gasteiger partial charge in [-0.3, -0.25) is 4.79 Å². The fourth-order valence-corrected chi connectivity index (χ4v) is 2.75. The number of para-hydroxylation sites is 1. The predicted octanol–water partition coefficient (Wildman–Crippen LogP) is 4.66. The molecule has 24 heavy (non-hydrogen) atoms. The molecule has 3 aromatic carbocycles. The van der Waals surface area contributed by atoms with Crippen molar-refractivity contribution in [2.24, 2.45) is 0 Å². The number of fused-ring (bicyclic) bond motifs is 1. The average molecular weight is 319 g/mol. The molecule has 3 aromatic rings. The molecule has 0 aliphatic carbocycles. The summed E-state index contributed by atoms with van der Waals surface area (Å²) in [6.45, 7) is 1.96. The molecule has 3 rings (SSSR count). The highest BCUT2D eigenvalue weighted by atomic mass is 16.5. The SMILES string of the molecule is CC[C@@H](Oc1cccc2ccccc12)C(=O)N(C)c1ccccc1. The molecule has 0 aliphatic rings. The van der Waals surface area contributed by atoms with E-state index in [4.69, 9.17) is 4.74 Å². The van der Waals surface area contributed by atoms with E-state index >= 15 is 0 Å². The molecule has 0 fully saturated rings. The Morgan fingerprint density at radius 3 is 2.38 bits per heavy atom. The van der Waals surface area contributed by atoms with Crippen LogP contribution in [0.3, 0.4) is 0 Å². The Bertz CT molecular complexity index is 824. The van der Waals surface area contributed by atoms with Crippen LogP contribution < -0.4 is 9.64 Å². The maximum Gasteiger partial charge on any atom is 0.267 e. The molecule has 0 spiro atoms. The van der Waals surface area contributed by atoms with Crippen LogP contribution in [0, 0.1) is 0 Å². The molecule has 0 unspecified atom stereocenters. The van der Waals surface area contributed by atoms with Crippen LogP contribution in [-0.4, -0.2) is 19.1 Å². The Morgan fingerprint density at radius 2 is 1.62 bits per heavy atom. The van der Waals surface area contributed by atoms with Gasteiger partial charge in [-0.25, -0.2) is 0 Å². The number of carbonyl (C=O) groups is 1. The van der Waals surface area contributed by atoms with Gasteiger partial charge in [-0.05, 0) is 30.0 Å². The van der Waals surface area contributed by atoms with E-state index < -0.39 is 6.10 Å². The summed E-state index contributed by atoms with van der Waals surface area (Å²) in [5.74, 6) is 0.700. The summed E-state index contributed by atoms with van der Waals surface area (Å²) >= 11 is 0. The van der Waals surface area contributed by atoms with E-state index in [1.807, 2.05) is 79.7 Å². The van der Waals surface area contributed by atoms with Gasteiger partial charge >= 0.3 is 0 Å². The lowest BCUT2D eigenvalue weighted by molar-refractivity contribution is -0.125. The van der Waals surface area contributed by atoms with Gasteiger partial charge < -0.3 is 9.64 Å². The van der Waals surface area contributed by atoms with Crippen LogP contribution in [0.25, 0.3) is 10.8 Å². The van der Waals surface area contributed by atoms with Gasteiger partial charge in [-0.2, -0.15) is 0 Å². The Hall–Kier alpha value is -2.81. The zero-order chi connectivity index (χ0) is 16.9. The molecule has 0 radical (unpaired) electrons. The summed E-state index contributed by atoms with van der Waals surface area (Å²) in [5.41, 5.74) is 0.863. The lowest BCUT2D eigenvalue weighted by Crippen LogP contribution is -2.39. The van der Waals surface area contributed by atoms with Gasteiger partial charge in [0.15, 0.2) is 6.10 Å². The molecule has 3 nitrogen and oxygen atoms in total. The van der Waals surface area contributed by atoms with Gasteiger partial charge in [0, 0.05) is 18.1 Å². The van der Waals surface area contributed by atoms with E-state index in [9.17, 15) is 4.79 Å². The second kappa shape index (κ2) is 7.18. The van der Waals surface area contributed by atoms with Gasteiger partial charge in [0.25, 0.3) is 5.91 Å². The molecule has 0 heterocycles. The summed E-state index contributed by atoms with van der Waals surface area (Å²) in [6, 6.07) is 23.6.